The van der Waals surface area contributed by atoms with E-state index in [9.17, 15) is 9.59 Å². The van der Waals surface area contributed by atoms with Crippen LogP contribution >= 0.6 is 0 Å². The highest BCUT2D eigenvalue weighted by molar-refractivity contribution is 5.95. The zero-order valence-electron chi connectivity index (χ0n) is 12.0. The summed E-state index contributed by atoms with van der Waals surface area (Å²) in [6.45, 7) is 1.28. The van der Waals surface area contributed by atoms with Crippen LogP contribution in [0.5, 0.6) is 0 Å². The highest BCUT2D eigenvalue weighted by atomic mass is 16.2. The fourth-order valence-electron chi connectivity index (χ4n) is 1.71. The Kier molecular flexibility index (Phi) is 6.52. The van der Waals surface area contributed by atoms with E-state index in [-0.39, 0.29) is 11.9 Å². The number of rotatable bonds is 6. The lowest BCUT2D eigenvalue weighted by molar-refractivity contribution is 0.0952. The van der Waals surface area contributed by atoms with Gasteiger partial charge in [-0.15, -0.1) is 0 Å². The second-order valence-corrected chi connectivity index (χ2v) is 4.58. The summed E-state index contributed by atoms with van der Waals surface area (Å²) >= 11 is 0. The topological polar surface area (TPSA) is 87.5 Å². The molecule has 0 unspecified atom stereocenters. The number of amides is 3. The summed E-state index contributed by atoms with van der Waals surface area (Å²) in [4.78, 5) is 24.8. The van der Waals surface area contributed by atoms with E-state index in [4.69, 9.17) is 5.73 Å². The minimum absolute atomic E-state index is 0.145. The number of benzene rings is 1. The van der Waals surface area contributed by atoms with Gasteiger partial charge in [-0.25, -0.2) is 4.79 Å². The first kappa shape index (κ1) is 16.0. The summed E-state index contributed by atoms with van der Waals surface area (Å²) in [6.07, 6.45) is 0.668. The first-order valence-corrected chi connectivity index (χ1v) is 6.57. The molecule has 0 atom stereocenters. The number of carbonyl (C=O) groups is 2. The van der Waals surface area contributed by atoms with Crippen molar-refractivity contribution in [2.45, 2.75) is 6.42 Å². The molecule has 20 heavy (non-hydrogen) atoms. The Hall–Kier alpha value is -2.08. The molecule has 0 spiro atoms. The highest BCUT2D eigenvalue weighted by Crippen LogP contribution is 2.08. The second-order valence-electron chi connectivity index (χ2n) is 4.58. The Morgan fingerprint density at radius 3 is 2.45 bits per heavy atom. The van der Waals surface area contributed by atoms with Crippen LogP contribution in [0.4, 0.5) is 4.79 Å². The molecule has 0 aliphatic carbocycles. The number of urea groups is 1. The van der Waals surface area contributed by atoms with Gasteiger partial charge in [-0.3, -0.25) is 4.79 Å². The lowest BCUT2D eigenvalue weighted by Gasteiger charge is -2.13. The fourth-order valence-corrected chi connectivity index (χ4v) is 1.71. The molecule has 4 N–H and O–H groups in total. The number of nitrogens with zero attached hydrogens (tertiary/aromatic N) is 1. The molecule has 0 saturated carbocycles. The van der Waals surface area contributed by atoms with Gasteiger partial charge >= 0.3 is 6.03 Å². The van der Waals surface area contributed by atoms with E-state index in [0.29, 0.717) is 31.6 Å². The van der Waals surface area contributed by atoms with Gasteiger partial charge in [0.1, 0.15) is 0 Å². The highest BCUT2D eigenvalue weighted by Gasteiger charge is 2.09. The van der Waals surface area contributed by atoms with Crippen LogP contribution < -0.4 is 16.4 Å². The molecule has 0 heterocycles. The maximum atomic E-state index is 12.0. The van der Waals surface area contributed by atoms with Crippen LogP contribution in [0, 0.1) is 0 Å². The second kappa shape index (κ2) is 8.16. The van der Waals surface area contributed by atoms with Crippen LogP contribution in [0.3, 0.4) is 0 Å². The summed E-state index contributed by atoms with van der Waals surface area (Å²) in [7, 11) is 3.33. The number of nitrogens with two attached hydrogens (primary N) is 1. The predicted molar refractivity (Wildman–Crippen MR) is 78.6 cm³/mol. The molecule has 1 aromatic rings. The molecular weight excluding hydrogens is 256 g/mol. The summed E-state index contributed by atoms with van der Waals surface area (Å²) in [5.74, 6) is -0.145. The van der Waals surface area contributed by atoms with Gasteiger partial charge in [0, 0.05) is 32.7 Å². The lowest BCUT2D eigenvalue weighted by atomic mass is 10.0. The zero-order chi connectivity index (χ0) is 15.0. The Morgan fingerprint density at radius 2 is 1.80 bits per heavy atom. The Morgan fingerprint density at radius 1 is 1.15 bits per heavy atom. The molecule has 1 rings (SSSR count). The molecule has 0 bridgehead atoms. The smallest absolute Gasteiger partial charge is 0.316 e. The van der Waals surface area contributed by atoms with E-state index < -0.39 is 0 Å². The van der Waals surface area contributed by atoms with Gasteiger partial charge in [-0.2, -0.15) is 0 Å². The van der Waals surface area contributed by atoms with Crippen molar-refractivity contribution < 1.29 is 9.59 Å². The molecule has 6 heteroatoms. The van der Waals surface area contributed by atoms with Crippen molar-refractivity contribution in [1.82, 2.24) is 15.5 Å². The van der Waals surface area contributed by atoms with Gasteiger partial charge in [0.2, 0.25) is 0 Å². The van der Waals surface area contributed by atoms with Gasteiger partial charge < -0.3 is 21.3 Å². The van der Waals surface area contributed by atoms with Gasteiger partial charge in [-0.05, 0) is 24.6 Å². The molecule has 0 aromatic heterocycles. The third-order valence-electron chi connectivity index (χ3n) is 2.77. The first-order chi connectivity index (χ1) is 9.56. The fraction of sp³-hybridized carbons (Fsp3) is 0.429. The van der Waals surface area contributed by atoms with Crippen molar-refractivity contribution in [2.75, 3.05) is 33.7 Å². The number of hydrogen-bond acceptors (Lipinski definition) is 3. The molecule has 0 radical (unpaired) electrons. The Bertz CT molecular complexity index is 460. The third-order valence-corrected chi connectivity index (χ3v) is 2.77. The van der Waals surface area contributed by atoms with E-state index in [0.717, 1.165) is 5.56 Å². The molecule has 0 aliphatic rings. The number of carbonyl (C=O) groups excluding carboxylic acids is 2. The van der Waals surface area contributed by atoms with E-state index in [1.54, 1.807) is 20.2 Å². The van der Waals surface area contributed by atoms with E-state index >= 15 is 0 Å². The van der Waals surface area contributed by atoms with Crippen LogP contribution in [0.15, 0.2) is 24.3 Å². The van der Waals surface area contributed by atoms with Crippen molar-refractivity contribution in [3.05, 3.63) is 35.4 Å². The number of hydrogen-bond donors (Lipinski definition) is 3. The summed E-state index contributed by atoms with van der Waals surface area (Å²) in [6, 6.07) is 7.21. The molecule has 110 valence electrons. The minimum atomic E-state index is -0.178. The molecule has 0 aliphatic heterocycles. The van der Waals surface area contributed by atoms with Crippen molar-refractivity contribution >= 4 is 11.9 Å². The van der Waals surface area contributed by atoms with E-state index in [1.165, 1.54) is 4.90 Å². The van der Waals surface area contributed by atoms with Crippen molar-refractivity contribution in [2.24, 2.45) is 5.73 Å². The molecule has 0 saturated heterocycles. The average molecular weight is 278 g/mol. The Labute approximate surface area is 119 Å². The first-order valence-electron chi connectivity index (χ1n) is 6.57. The standard InChI is InChI=1S/C14H22N4O2/c1-18(2)14(20)17-10-9-16-13(19)12-6-4-3-5-11(12)7-8-15/h3-6H,7-10,15H2,1-2H3,(H,16,19)(H,17,20). The zero-order valence-corrected chi connectivity index (χ0v) is 12.0. The van der Waals surface area contributed by atoms with Crippen molar-refractivity contribution in [3.63, 3.8) is 0 Å². The normalized spacial score (nSPS) is 9.95. The van der Waals surface area contributed by atoms with Crippen LogP contribution in [0.1, 0.15) is 15.9 Å². The maximum Gasteiger partial charge on any atom is 0.316 e. The SMILES string of the molecule is CN(C)C(=O)NCCNC(=O)c1ccccc1CCN. The van der Waals surface area contributed by atoms with Gasteiger partial charge in [0.25, 0.3) is 5.91 Å². The van der Waals surface area contributed by atoms with Gasteiger partial charge in [-0.1, -0.05) is 18.2 Å². The predicted octanol–water partition coefficient (Wildman–Crippen LogP) is 0.189. The summed E-state index contributed by atoms with van der Waals surface area (Å²) in [5, 5.41) is 5.46. The van der Waals surface area contributed by atoms with E-state index in [1.807, 2.05) is 18.2 Å². The summed E-state index contributed by atoms with van der Waals surface area (Å²) < 4.78 is 0. The Balaban J connectivity index is 2.45. The van der Waals surface area contributed by atoms with Crippen LogP contribution in [-0.2, 0) is 6.42 Å². The molecular formula is C14H22N4O2. The average Bonchev–Trinajstić information content (AvgIpc) is 2.44. The van der Waals surface area contributed by atoms with Crippen LogP contribution in [0.25, 0.3) is 0 Å². The van der Waals surface area contributed by atoms with Gasteiger partial charge in [0.15, 0.2) is 0 Å². The molecule has 1 aromatic carbocycles. The van der Waals surface area contributed by atoms with Crippen LogP contribution in [-0.4, -0.2) is 50.6 Å². The summed E-state index contributed by atoms with van der Waals surface area (Å²) in [5.41, 5.74) is 7.10. The maximum absolute atomic E-state index is 12.0. The molecule has 6 nitrogen and oxygen atoms in total. The van der Waals surface area contributed by atoms with Crippen molar-refractivity contribution in [1.29, 1.82) is 0 Å². The van der Waals surface area contributed by atoms with E-state index in [2.05, 4.69) is 10.6 Å². The largest absolute Gasteiger partial charge is 0.350 e. The lowest BCUT2D eigenvalue weighted by Crippen LogP contribution is -2.39. The molecule has 0 fully saturated rings. The molecule has 3 amide bonds. The van der Waals surface area contributed by atoms with Crippen LogP contribution in [0.2, 0.25) is 0 Å². The third kappa shape index (κ3) is 4.89. The number of nitrogens with one attached hydrogen (secondary N) is 2. The monoisotopic (exact) mass is 278 g/mol. The van der Waals surface area contributed by atoms with Gasteiger partial charge in [0.05, 0.1) is 0 Å². The minimum Gasteiger partial charge on any atom is -0.350 e. The quantitative estimate of drug-likeness (QED) is 0.649. The van der Waals surface area contributed by atoms with Crippen molar-refractivity contribution in [3.8, 4) is 0 Å².